The predicted octanol–water partition coefficient (Wildman–Crippen LogP) is 4.46. The highest BCUT2D eigenvalue weighted by molar-refractivity contribution is 7.92. The standard InChI is InChI=1S/C31H35N5O4S/c1-19-5-3-6-20(2)28(19)24-16-27-34-30(33-24)35-41(38,39)23-8-4-7-21(15-23)29(37)32-25-17-36(18-26(25)40-27)22-9-11-31(12-10-22)13-14-31/h3-8,15-16,22,25-26H,9-14,17-18H2,1-2H3,(H,32,37)(H,33,34,35)/t25-,26-/m1/s1. The zero-order valence-electron chi connectivity index (χ0n) is 23.4. The molecule has 2 aliphatic heterocycles. The molecule has 1 saturated heterocycles. The van der Waals surface area contributed by atoms with Gasteiger partial charge < -0.3 is 10.1 Å². The van der Waals surface area contributed by atoms with Crippen LogP contribution in [0, 0.1) is 19.3 Å². The average molecular weight is 574 g/mol. The van der Waals surface area contributed by atoms with E-state index in [-0.39, 0.29) is 40.3 Å². The number of amides is 1. The zero-order chi connectivity index (χ0) is 28.4. The van der Waals surface area contributed by atoms with Crippen molar-refractivity contribution in [1.82, 2.24) is 20.2 Å². The van der Waals surface area contributed by atoms with Crippen molar-refractivity contribution in [3.8, 4) is 17.1 Å². The van der Waals surface area contributed by atoms with Gasteiger partial charge in [0.15, 0.2) is 0 Å². The summed E-state index contributed by atoms with van der Waals surface area (Å²) in [4.78, 5) is 24.9. The quantitative estimate of drug-likeness (QED) is 0.465. The van der Waals surface area contributed by atoms with Crippen molar-refractivity contribution in [2.45, 2.75) is 75.5 Å². The SMILES string of the molecule is Cc1cccc(C)c1-c1cc2nc(n1)NS(=O)(=O)c1cccc(c1)C(=O)N[C@@H]1CN(C3CCC4(CC3)CC4)C[C@H]1O2. The van der Waals surface area contributed by atoms with E-state index < -0.39 is 10.0 Å². The number of likely N-dealkylation sites (tertiary alicyclic amines) is 1. The summed E-state index contributed by atoms with van der Waals surface area (Å²) in [5.74, 6) is -0.123. The van der Waals surface area contributed by atoms with E-state index >= 15 is 0 Å². The first kappa shape index (κ1) is 26.4. The number of fused-ring (bicyclic) bond motifs is 5. The van der Waals surface area contributed by atoms with Crippen molar-refractivity contribution in [3.63, 3.8) is 0 Å². The van der Waals surface area contributed by atoms with Crippen LogP contribution in [0.15, 0.2) is 53.4 Å². The molecule has 7 rings (SSSR count). The number of rotatable bonds is 2. The predicted molar refractivity (Wildman–Crippen MR) is 155 cm³/mol. The molecule has 1 aromatic heterocycles. The second-order valence-electron chi connectivity index (χ2n) is 12.2. The third-order valence-corrected chi connectivity index (χ3v) is 10.8. The van der Waals surface area contributed by atoms with Gasteiger partial charge in [0.05, 0.1) is 16.6 Å². The van der Waals surface area contributed by atoms with Crippen molar-refractivity contribution >= 4 is 21.9 Å². The summed E-state index contributed by atoms with van der Waals surface area (Å²) >= 11 is 0. The lowest BCUT2D eigenvalue weighted by Gasteiger charge is -2.34. The Kier molecular flexibility index (Phi) is 6.31. The van der Waals surface area contributed by atoms with E-state index in [4.69, 9.17) is 4.74 Å². The molecule has 41 heavy (non-hydrogen) atoms. The van der Waals surface area contributed by atoms with Gasteiger partial charge in [0, 0.05) is 36.3 Å². The number of hydrogen-bond acceptors (Lipinski definition) is 7. The van der Waals surface area contributed by atoms with Gasteiger partial charge in [-0.05, 0) is 87.1 Å². The molecule has 2 saturated carbocycles. The average Bonchev–Trinajstić information content (AvgIpc) is 3.58. The Bertz CT molecular complexity index is 1610. The minimum atomic E-state index is -4.07. The third-order valence-electron chi connectivity index (χ3n) is 9.44. The van der Waals surface area contributed by atoms with Crippen LogP contribution in [-0.2, 0) is 10.0 Å². The minimum Gasteiger partial charge on any atom is -0.471 e. The molecule has 4 aliphatic rings. The molecule has 2 N–H and O–H groups in total. The summed E-state index contributed by atoms with van der Waals surface area (Å²) in [6.45, 7) is 5.33. The van der Waals surface area contributed by atoms with Crippen molar-refractivity contribution in [2.24, 2.45) is 5.41 Å². The van der Waals surface area contributed by atoms with Crippen LogP contribution in [0.2, 0.25) is 0 Å². The maximum atomic E-state index is 13.4. The van der Waals surface area contributed by atoms with Gasteiger partial charge in [-0.2, -0.15) is 4.98 Å². The van der Waals surface area contributed by atoms with Crippen LogP contribution in [0.4, 0.5) is 5.95 Å². The molecule has 10 heteroatoms. The molecule has 2 aromatic carbocycles. The highest BCUT2D eigenvalue weighted by atomic mass is 32.2. The number of hydrogen-bond donors (Lipinski definition) is 2. The topological polar surface area (TPSA) is 114 Å². The van der Waals surface area contributed by atoms with E-state index in [9.17, 15) is 13.2 Å². The molecule has 2 aliphatic carbocycles. The van der Waals surface area contributed by atoms with Crippen molar-refractivity contribution in [2.75, 3.05) is 17.8 Å². The Morgan fingerprint density at radius 2 is 1.68 bits per heavy atom. The highest BCUT2D eigenvalue weighted by Gasteiger charge is 2.47. The van der Waals surface area contributed by atoms with Gasteiger partial charge in [0.1, 0.15) is 6.10 Å². The smallest absolute Gasteiger partial charge is 0.264 e. The Hall–Kier alpha value is -3.50. The number of aryl methyl sites for hydroxylation is 2. The third kappa shape index (κ3) is 5.08. The lowest BCUT2D eigenvalue weighted by molar-refractivity contribution is 0.0901. The number of sulfonamides is 1. The highest BCUT2D eigenvalue weighted by Crippen LogP contribution is 2.56. The maximum absolute atomic E-state index is 13.4. The molecule has 214 valence electrons. The van der Waals surface area contributed by atoms with Gasteiger partial charge in [-0.1, -0.05) is 24.3 Å². The van der Waals surface area contributed by atoms with E-state index in [0.717, 1.165) is 16.7 Å². The summed E-state index contributed by atoms with van der Waals surface area (Å²) in [6.07, 6.45) is 7.27. The van der Waals surface area contributed by atoms with Crippen LogP contribution in [0.1, 0.15) is 60.0 Å². The molecule has 9 nitrogen and oxygen atoms in total. The monoisotopic (exact) mass is 573 g/mol. The van der Waals surface area contributed by atoms with Crippen molar-refractivity contribution in [3.05, 3.63) is 65.2 Å². The van der Waals surface area contributed by atoms with Gasteiger partial charge in [0.25, 0.3) is 15.9 Å². The largest absolute Gasteiger partial charge is 0.471 e. The number of carbonyl (C=O) groups excluding carboxylic acids is 1. The van der Waals surface area contributed by atoms with Crippen LogP contribution in [-0.4, -0.2) is 60.5 Å². The Morgan fingerprint density at radius 1 is 0.951 bits per heavy atom. The van der Waals surface area contributed by atoms with Crippen molar-refractivity contribution < 1.29 is 17.9 Å². The number of benzene rings is 2. The van der Waals surface area contributed by atoms with E-state index in [1.165, 1.54) is 50.7 Å². The molecule has 1 spiro atoms. The lowest BCUT2D eigenvalue weighted by Crippen LogP contribution is -2.45. The minimum absolute atomic E-state index is 0.0336. The van der Waals surface area contributed by atoms with Crippen LogP contribution < -0.4 is 14.8 Å². The Balaban J connectivity index is 1.29. The fourth-order valence-electron chi connectivity index (χ4n) is 6.88. The number of ether oxygens (including phenoxy) is 1. The molecule has 0 radical (unpaired) electrons. The fourth-order valence-corrected chi connectivity index (χ4v) is 7.87. The van der Waals surface area contributed by atoms with E-state index in [1.807, 2.05) is 32.0 Å². The van der Waals surface area contributed by atoms with Crippen LogP contribution in [0.25, 0.3) is 11.3 Å². The molecule has 2 atom stereocenters. The number of nitrogens with one attached hydrogen (secondary N) is 2. The van der Waals surface area contributed by atoms with Gasteiger partial charge in [-0.15, -0.1) is 0 Å². The zero-order valence-corrected chi connectivity index (χ0v) is 24.2. The van der Waals surface area contributed by atoms with Gasteiger partial charge in [0.2, 0.25) is 11.8 Å². The van der Waals surface area contributed by atoms with Gasteiger partial charge in [-0.25, -0.2) is 18.1 Å². The van der Waals surface area contributed by atoms with Crippen LogP contribution in [0.3, 0.4) is 0 Å². The second kappa shape index (κ2) is 9.80. The summed E-state index contributed by atoms with van der Waals surface area (Å²) in [6, 6.07) is 14.0. The molecule has 4 bridgehead atoms. The number of carbonyl (C=O) groups is 1. The summed E-state index contributed by atoms with van der Waals surface area (Å²) in [5, 5.41) is 3.16. The first-order valence-corrected chi connectivity index (χ1v) is 16.0. The number of nitrogens with zero attached hydrogens (tertiary/aromatic N) is 3. The molecular weight excluding hydrogens is 538 g/mol. The van der Waals surface area contributed by atoms with Crippen LogP contribution in [0.5, 0.6) is 5.88 Å². The molecule has 0 unspecified atom stereocenters. The molecule has 1 amide bonds. The van der Waals surface area contributed by atoms with Gasteiger partial charge >= 0.3 is 0 Å². The molecular formula is C31H35N5O4S. The molecule has 3 heterocycles. The van der Waals surface area contributed by atoms with Crippen LogP contribution >= 0.6 is 0 Å². The summed E-state index contributed by atoms with van der Waals surface area (Å²) in [7, 11) is -4.07. The maximum Gasteiger partial charge on any atom is 0.264 e. The van der Waals surface area contributed by atoms with Crippen molar-refractivity contribution in [1.29, 1.82) is 0 Å². The van der Waals surface area contributed by atoms with E-state index in [1.54, 1.807) is 18.2 Å². The normalized spacial score (nSPS) is 25.1. The summed E-state index contributed by atoms with van der Waals surface area (Å²) < 4.78 is 35.8. The fraction of sp³-hybridized carbons (Fsp3) is 0.452. The summed E-state index contributed by atoms with van der Waals surface area (Å²) in [5.41, 5.74) is 4.38. The first-order valence-electron chi connectivity index (χ1n) is 14.5. The van der Waals surface area contributed by atoms with E-state index in [2.05, 4.69) is 24.9 Å². The molecule has 3 fully saturated rings. The second-order valence-corrected chi connectivity index (χ2v) is 13.9. The lowest BCUT2D eigenvalue weighted by atomic mass is 9.83. The van der Waals surface area contributed by atoms with E-state index in [0.29, 0.717) is 30.2 Å². The number of aromatic nitrogens is 2. The number of anilines is 1. The molecule has 3 aromatic rings. The van der Waals surface area contributed by atoms with Gasteiger partial charge in [-0.3, -0.25) is 9.69 Å². The first-order chi connectivity index (χ1) is 19.7. The Labute approximate surface area is 240 Å². The Morgan fingerprint density at radius 3 is 2.41 bits per heavy atom.